The first-order chi connectivity index (χ1) is 9.60. The highest BCUT2D eigenvalue weighted by Gasteiger charge is 2.31. The van der Waals surface area contributed by atoms with Crippen LogP contribution in [0.3, 0.4) is 0 Å². The molecule has 20 heavy (non-hydrogen) atoms. The Kier molecular flexibility index (Phi) is 5.19. The van der Waals surface area contributed by atoms with E-state index >= 15 is 0 Å². The average molecular weight is 285 g/mol. The lowest BCUT2D eigenvalue weighted by Gasteiger charge is -2.32. The minimum atomic E-state index is -0.825. The smallest absolute Gasteiger partial charge is 0.317 e. The molecule has 2 atom stereocenters. The number of likely N-dealkylation sites (tertiary alicyclic amines) is 1. The number of hydrogen-bond acceptors (Lipinski definition) is 4. The lowest BCUT2D eigenvalue weighted by Crippen LogP contribution is -2.49. The zero-order chi connectivity index (χ0) is 14.5. The molecule has 0 aliphatic carbocycles. The predicted molar refractivity (Wildman–Crippen MR) is 72.6 cm³/mol. The number of aliphatic carboxylic acids is 1. The van der Waals surface area contributed by atoms with Gasteiger partial charge in [0.15, 0.2) is 0 Å². The van der Waals surface area contributed by atoms with E-state index in [1.54, 1.807) is 4.90 Å². The standard InChI is InChI=1S/C13H23N3O4/c1-2-15-5-6-20-11(9-15)7-14-13(19)16-4-3-10(8-16)12(17)18/h10-11H,2-9H2,1H3,(H,14,19)(H,17,18). The van der Waals surface area contributed by atoms with Gasteiger partial charge in [0.25, 0.3) is 0 Å². The van der Waals surface area contributed by atoms with E-state index in [1.807, 2.05) is 0 Å². The fourth-order valence-electron chi connectivity index (χ4n) is 2.65. The zero-order valence-corrected chi connectivity index (χ0v) is 11.9. The van der Waals surface area contributed by atoms with Crippen LogP contribution in [0.4, 0.5) is 4.79 Å². The summed E-state index contributed by atoms with van der Waals surface area (Å²) in [7, 11) is 0. The third kappa shape index (κ3) is 3.83. The molecule has 0 bridgehead atoms. The molecule has 0 aromatic heterocycles. The van der Waals surface area contributed by atoms with Gasteiger partial charge in [-0.3, -0.25) is 9.69 Å². The number of amides is 2. The predicted octanol–water partition coefficient (Wildman–Crippen LogP) is -0.177. The van der Waals surface area contributed by atoms with Crippen molar-refractivity contribution in [2.75, 3.05) is 45.9 Å². The number of carboxylic acid groups (broad SMARTS) is 1. The third-order valence-electron chi connectivity index (χ3n) is 3.98. The number of carbonyl (C=O) groups excluding carboxylic acids is 1. The maximum absolute atomic E-state index is 12.0. The molecule has 2 rings (SSSR count). The van der Waals surface area contributed by atoms with E-state index in [2.05, 4.69) is 17.1 Å². The van der Waals surface area contributed by atoms with Crippen LogP contribution >= 0.6 is 0 Å². The maximum Gasteiger partial charge on any atom is 0.317 e. The molecular formula is C13H23N3O4. The molecular weight excluding hydrogens is 262 g/mol. The first-order valence-electron chi connectivity index (χ1n) is 7.19. The molecule has 0 radical (unpaired) electrons. The maximum atomic E-state index is 12.0. The Morgan fingerprint density at radius 3 is 2.80 bits per heavy atom. The van der Waals surface area contributed by atoms with E-state index in [1.165, 1.54) is 0 Å². The van der Waals surface area contributed by atoms with E-state index in [0.717, 1.165) is 19.6 Å². The van der Waals surface area contributed by atoms with Gasteiger partial charge in [-0.25, -0.2) is 4.79 Å². The molecule has 0 saturated carbocycles. The van der Waals surface area contributed by atoms with Crippen LogP contribution in [-0.2, 0) is 9.53 Å². The van der Waals surface area contributed by atoms with Crippen molar-refractivity contribution in [2.45, 2.75) is 19.4 Å². The van der Waals surface area contributed by atoms with Crippen LogP contribution in [-0.4, -0.2) is 78.9 Å². The van der Waals surface area contributed by atoms with Crippen molar-refractivity contribution in [1.82, 2.24) is 15.1 Å². The SMILES string of the molecule is CCN1CCOC(CNC(=O)N2CCC(C(=O)O)C2)C1. The minimum absolute atomic E-state index is 0.0190. The summed E-state index contributed by atoms with van der Waals surface area (Å²) in [5.41, 5.74) is 0. The molecule has 7 nitrogen and oxygen atoms in total. The lowest BCUT2D eigenvalue weighted by atomic mass is 10.1. The zero-order valence-electron chi connectivity index (χ0n) is 11.9. The number of carbonyl (C=O) groups is 2. The van der Waals surface area contributed by atoms with Gasteiger partial charge in [-0.15, -0.1) is 0 Å². The Hall–Kier alpha value is -1.34. The Balaban J connectivity index is 1.71. The molecule has 2 aliphatic heterocycles. The van der Waals surface area contributed by atoms with Crippen LogP contribution in [0.1, 0.15) is 13.3 Å². The second-order valence-electron chi connectivity index (χ2n) is 5.34. The highest BCUT2D eigenvalue weighted by Crippen LogP contribution is 2.16. The van der Waals surface area contributed by atoms with Crippen LogP contribution in [0.25, 0.3) is 0 Å². The second kappa shape index (κ2) is 6.90. The minimum Gasteiger partial charge on any atom is -0.481 e. The largest absolute Gasteiger partial charge is 0.481 e. The first kappa shape index (κ1) is 15.1. The van der Waals surface area contributed by atoms with Crippen molar-refractivity contribution in [3.8, 4) is 0 Å². The molecule has 2 saturated heterocycles. The average Bonchev–Trinajstić information content (AvgIpc) is 2.95. The Morgan fingerprint density at radius 2 is 2.15 bits per heavy atom. The van der Waals surface area contributed by atoms with Gasteiger partial charge in [0.1, 0.15) is 0 Å². The Morgan fingerprint density at radius 1 is 1.35 bits per heavy atom. The number of carboxylic acids is 1. The third-order valence-corrected chi connectivity index (χ3v) is 3.98. The number of morpholine rings is 1. The van der Waals surface area contributed by atoms with Crippen molar-refractivity contribution < 1.29 is 19.4 Å². The van der Waals surface area contributed by atoms with Crippen molar-refractivity contribution in [3.05, 3.63) is 0 Å². The van der Waals surface area contributed by atoms with Gasteiger partial charge < -0.3 is 20.1 Å². The van der Waals surface area contributed by atoms with Crippen LogP contribution < -0.4 is 5.32 Å². The molecule has 2 heterocycles. The van der Waals surface area contributed by atoms with Gasteiger partial charge in [-0.2, -0.15) is 0 Å². The van der Waals surface area contributed by atoms with Gasteiger partial charge in [0.2, 0.25) is 0 Å². The highest BCUT2D eigenvalue weighted by molar-refractivity contribution is 5.77. The van der Waals surface area contributed by atoms with E-state index in [-0.39, 0.29) is 12.1 Å². The summed E-state index contributed by atoms with van der Waals surface area (Å²) < 4.78 is 5.61. The molecule has 0 spiro atoms. The highest BCUT2D eigenvalue weighted by atomic mass is 16.5. The fourth-order valence-corrected chi connectivity index (χ4v) is 2.65. The van der Waals surface area contributed by atoms with Crippen LogP contribution in [0.15, 0.2) is 0 Å². The van der Waals surface area contributed by atoms with Crippen molar-refractivity contribution in [2.24, 2.45) is 5.92 Å². The molecule has 0 aromatic rings. The monoisotopic (exact) mass is 285 g/mol. The number of hydrogen-bond donors (Lipinski definition) is 2. The lowest BCUT2D eigenvalue weighted by molar-refractivity contribution is -0.141. The topological polar surface area (TPSA) is 82.1 Å². The Labute approximate surface area is 118 Å². The van der Waals surface area contributed by atoms with Crippen molar-refractivity contribution in [1.29, 1.82) is 0 Å². The van der Waals surface area contributed by atoms with Crippen LogP contribution in [0.2, 0.25) is 0 Å². The number of nitrogens with one attached hydrogen (secondary N) is 1. The van der Waals surface area contributed by atoms with E-state index in [4.69, 9.17) is 9.84 Å². The quantitative estimate of drug-likeness (QED) is 0.749. The number of likely N-dealkylation sites (N-methyl/N-ethyl adjacent to an activating group) is 1. The second-order valence-corrected chi connectivity index (χ2v) is 5.34. The first-order valence-corrected chi connectivity index (χ1v) is 7.19. The number of nitrogens with zero attached hydrogens (tertiary/aromatic N) is 2. The van der Waals surface area contributed by atoms with Crippen LogP contribution in [0.5, 0.6) is 0 Å². The normalized spacial score (nSPS) is 27.6. The molecule has 7 heteroatoms. The van der Waals surface area contributed by atoms with Crippen molar-refractivity contribution >= 4 is 12.0 Å². The van der Waals surface area contributed by atoms with Crippen molar-refractivity contribution in [3.63, 3.8) is 0 Å². The molecule has 2 N–H and O–H groups in total. The summed E-state index contributed by atoms with van der Waals surface area (Å²) in [6.45, 7) is 6.84. The van der Waals surface area contributed by atoms with Gasteiger partial charge in [-0.1, -0.05) is 6.92 Å². The summed E-state index contributed by atoms with van der Waals surface area (Å²) in [4.78, 5) is 26.7. The summed E-state index contributed by atoms with van der Waals surface area (Å²) in [5, 5.41) is 11.8. The van der Waals surface area contributed by atoms with Gasteiger partial charge >= 0.3 is 12.0 Å². The molecule has 2 amide bonds. The molecule has 114 valence electrons. The fraction of sp³-hybridized carbons (Fsp3) is 0.846. The summed E-state index contributed by atoms with van der Waals surface area (Å²) in [6, 6.07) is -0.189. The summed E-state index contributed by atoms with van der Waals surface area (Å²) in [5.74, 6) is -1.25. The summed E-state index contributed by atoms with van der Waals surface area (Å²) >= 11 is 0. The number of rotatable bonds is 4. The molecule has 2 aliphatic rings. The van der Waals surface area contributed by atoms with Gasteiger partial charge in [-0.05, 0) is 13.0 Å². The summed E-state index contributed by atoms with van der Waals surface area (Å²) in [6.07, 6.45) is 0.553. The van der Waals surface area contributed by atoms with Crippen LogP contribution in [0, 0.1) is 5.92 Å². The molecule has 2 fully saturated rings. The van der Waals surface area contributed by atoms with Gasteiger partial charge in [0, 0.05) is 32.7 Å². The van der Waals surface area contributed by atoms with E-state index < -0.39 is 11.9 Å². The van der Waals surface area contributed by atoms with Gasteiger partial charge in [0.05, 0.1) is 18.6 Å². The Bertz CT molecular complexity index is 364. The number of ether oxygens (including phenoxy) is 1. The molecule has 2 unspecified atom stereocenters. The van der Waals surface area contributed by atoms with E-state index in [9.17, 15) is 9.59 Å². The van der Waals surface area contributed by atoms with E-state index in [0.29, 0.717) is 32.7 Å². The number of urea groups is 1. The molecule has 0 aromatic carbocycles.